The molecule has 0 aliphatic heterocycles. The Morgan fingerprint density at radius 1 is 1.33 bits per heavy atom. The topological polar surface area (TPSA) is 68.5 Å². The van der Waals surface area contributed by atoms with E-state index in [1.807, 2.05) is 7.05 Å². The fraction of sp³-hybridized carbons (Fsp3) is 0.286. The molecule has 3 aromatic rings. The lowest BCUT2D eigenvalue weighted by molar-refractivity contribution is 0.729. The van der Waals surface area contributed by atoms with Crippen molar-refractivity contribution in [2.24, 2.45) is 7.05 Å². The average Bonchev–Trinajstić information content (AvgIpc) is 3.04. The normalized spacial score (nSPS) is 17.1. The predicted molar refractivity (Wildman–Crippen MR) is 82.9 cm³/mol. The largest absolute Gasteiger partial charge is 0.361 e. The summed E-state index contributed by atoms with van der Waals surface area (Å²) in [7, 11) is 1.83. The first-order valence-corrected chi connectivity index (χ1v) is 7.57. The van der Waals surface area contributed by atoms with E-state index in [1.165, 1.54) is 11.1 Å². The SMILES string of the molecule is Cn1nnc2c(N[C@@H]3CCc4cc(Br)ccc43)ncnc21. The second-order valence-electron chi connectivity index (χ2n) is 5.19. The van der Waals surface area contributed by atoms with E-state index < -0.39 is 0 Å². The van der Waals surface area contributed by atoms with Crippen LogP contribution in [0, 0.1) is 0 Å². The Balaban J connectivity index is 1.71. The monoisotopic (exact) mass is 344 g/mol. The lowest BCUT2D eigenvalue weighted by atomic mass is 10.1. The number of benzene rings is 1. The first-order valence-electron chi connectivity index (χ1n) is 6.77. The maximum Gasteiger partial charge on any atom is 0.183 e. The lowest BCUT2D eigenvalue weighted by Crippen LogP contribution is -2.09. The summed E-state index contributed by atoms with van der Waals surface area (Å²) in [6.45, 7) is 0. The number of rotatable bonds is 2. The Morgan fingerprint density at radius 2 is 2.24 bits per heavy atom. The van der Waals surface area contributed by atoms with Crippen molar-refractivity contribution in [2.75, 3.05) is 5.32 Å². The minimum atomic E-state index is 0.258. The van der Waals surface area contributed by atoms with Crippen LogP contribution in [0.25, 0.3) is 11.2 Å². The van der Waals surface area contributed by atoms with Crippen LogP contribution in [0.3, 0.4) is 0 Å². The van der Waals surface area contributed by atoms with Crippen molar-refractivity contribution in [3.05, 3.63) is 40.1 Å². The van der Waals surface area contributed by atoms with E-state index in [0.29, 0.717) is 5.52 Å². The van der Waals surface area contributed by atoms with E-state index in [0.717, 1.165) is 28.8 Å². The van der Waals surface area contributed by atoms with Gasteiger partial charge in [-0.2, -0.15) is 0 Å². The molecule has 1 N–H and O–H groups in total. The number of nitrogens with zero attached hydrogens (tertiary/aromatic N) is 5. The Morgan fingerprint density at radius 3 is 3.14 bits per heavy atom. The van der Waals surface area contributed by atoms with Gasteiger partial charge in [-0.1, -0.05) is 27.2 Å². The minimum absolute atomic E-state index is 0.258. The van der Waals surface area contributed by atoms with E-state index >= 15 is 0 Å². The fourth-order valence-corrected chi connectivity index (χ4v) is 3.27. The van der Waals surface area contributed by atoms with Crippen LogP contribution in [-0.4, -0.2) is 25.0 Å². The Kier molecular flexibility index (Phi) is 2.88. The molecule has 0 radical (unpaired) electrons. The van der Waals surface area contributed by atoms with Crippen LogP contribution in [-0.2, 0) is 13.5 Å². The Hall–Kier alpha value is -2.02. The van der Waals surface area contributed by atoms with E-state index in [-0.39, 0.29) is 6.04 Å². The molecule has 4 rings (SSSR count). The smallest absolute Gasteiger partial charge is 0.183 e. The molecule has 2 aromatic heterocycles. The van der Waals surface area contributed by atoms with E-state index in [2.05, 4.69) is 59.7 Å². The highest BCUT2D eigenvalue weighted by Gasteiger charge is 2.24. The van der Waals surface area contributed by atoms with E-state index in [9.17, 15) is 0 Å². The van der Waals surface area contributed by atoms with Gasteiger partial charge in [0, 0.05) is 11.5 Å². The van der Waals surface area contributed by atoms with Gasteiger partial charge in [0.25, 0.3) is 0 Å². The predicted octanol–water partition coefficient (Wildman–Crippen LogP) is 2.62. The quantitative estimate of drug-likeness (QED) is 0.773. The van der Waals surface area contributed by atoms with Gasteiger partial charge in [-0.15, -0.1) is 5.10 Å². The number of fused-ring (bicyclic) bond motifs is 2. The molecule has 6 nitrogen and oxygen atoms in total. The molecule has 0 spiro atoms. The van der Waals surface area contributed by atoms with Gasteiger partial charge in [0.1, 0.15) is 6.33 Å². The number of aryl methyl sites for hydroxylation is 2. The summed E-state index contributed by atoms with van der Waals surface area (Å²) in [5, 5.41) is 11.6. The summed E-state index contributed by atoms with van der Waals surface area (Å²) in [6.07, 6.45) is 3.67. The molecule has 0 unspecified atom stereocenters. The molecular formula is C14H13BrN6. The highest BCUT2D eigenvalue weighted by atomic mass is 79.9. The van der Waals surface area contributed by atoms with Crippen LogP contribution in [0.2, 0.25) is 0 Å². The molecule has 0 bridgehead atoms. The second-order valence-corrected chi connectivity index (χ2v) is 6.10. The number of nitrogens with one attached hydrogen (secondary N) is 1. The molecule has 2 heterocycles. The third-order valence-corrected chi connectivity index (χ3v) is 4.38. The van der Waals surface area contributed by atoms with E-state index in [4.69, 9.17) is 0 Å². The average molecular weight is 345 g/mol. The fourth-order valence-electron chi connectivity index (χ4n) is 2.86. The molecule has 7 heteroatoms. The van der Waals surface area contributed by atoms with E-state index in [1.54, 1.807) is 11.0 Å². The van der Waals surface area contributed by atoms with Crippen molar-refractivity contribution in [1.29, 1.82) is 0 Å². The minimum Gasteiger partial charge on any atom is -0.361 e. The van der Waals surface area contributed by atoms with Crippen LogP contribution in [0.1, 0.15) is 23.6 Å². The zero-order valence-corrected chi connectivity index (χ0v) is 13.0. The molecule has 0 fully saturated rings. The van der Waals surface area contributed by atoms with Crippen LogP contribution in [0.15, 0.2) is 29.0 Å². The van der Waals surface area contributed by atoms with Gasteiger partial charge in [0.2, 0.25) is 0 Å². The molecule has 0 saturated heterocycles. The Labute approximate surface area is 129 Å². The van der Waals surface area contributed by atoms with Crippen molar-refractivity contribution in [1.82, 2.24) is 25.0 Å². The van der Waals surface area contributed by atoms with Crippen LogP contribution >= 0.6 is 15.9 Å². The van der Waals surface area contributed by atoms with Crippen molar-refractivity contribution >= 4 is 32.9 Å². The third kappa shape index (κ3) is 2.08. The van der Waals surface area contributed by atoms with Crippen molar-refractivity contribution in [3.8, 4) is 0 Å². The lowest BCUT2D eigenvalue weighted by Gasteiger charge is -2.14. The van der Waals surface area contributed by atoms with Crippen LogP contribution < -0.4 is 5.32 Å². The number of hydrogen-bond acceptors (Lipinski definition) is 5. The van der Waals surface area contributed by atoms with Gasteiger partial charge >= 0.3 is 0 Å². The zero-order chi connectivity index (χ0) is 14.4. The molecule has 106 valence electrons. The first kappa shape index (κ1) is 12.7. The van der Waals surface area contributed by atoms with Gasteiger partial charge in [-0.05, 0) is 36.1 Å². The van der Waals surface area contributed by atoms with Gasteiger partial charge in [0.15, 0.2) is 17.0 Å². The number of halogens is 1. The molecule has 21 heavy (non-hydrogen) atoms. The molecular weight excluding hydrogens is 332 g/mol. The number of hydrogen-bond donors (Lipinski definition) is 1. The summed E-state index contributed by atoms with van der Waals surface area (Å²) in [6, 6.07) is 6.69. The van der Waals surface area contributed by atoms with Gasteiger partial charge < -0.3 is 5.32 Å². The molecule has 1 aliphatic carbocycles. The zero-order valence-electron chi connectivity index (χ0n) is 11.4. The van der Waals surface area contributed by atoms with Gasteiger partial charge in [-0.25, -0.2) is 14.6 Å². The molecule has 1 atom stereocenters. The van der Waals surface area contributed by atoms with Crippen molar-refractivity contribution in [2.45, 2.75) is 18.9 Å². The van der Waals surface area contributed by atoms with Crippen LogP contribution in [0.5, 0.6) is 0 Å². The summed E-state index contributed by atoms with van der Waals surface area (Å²) in [5.41, 5.74) is 4.16. The van der Waals surface area contributed by atoms with Gasteiger partial charge in [0.05, 0.1) is 6.04 Å². The summed E-state index contributed by atoms with van der Waals surface area (Å²) in [5.74, 6) is 0.744. The molecule has 1 aromatic carbocycles. The maximum atomic E-state index is 4.33. The summed E-state index contributed by atoms with van der Waals surface area (Å²) in [4.78, 5) is 8.54. The number of aromatic nitrogens is 5. The van der Waals surface area contributed by atoms with Crippen molar-refractivity contribution in [3.63, 3.8) is 0 Å². The van der Waals surface area contributed by atoms with Crippen molar-refractivity contribution < 1.29 is 0 Å². The molecule has 0 saturated carbocycles. The van der Waals surface area contributed by atoms with Gasteiger partial charge in [-0.3, -0.25) is 0 Å². The highest BCUT2D eigenvalue weighted by Crippen LogP contribution is 2.35. The number of anilines is 1. The Bertz CT molecular complexity index is 827. The highest BCUT2D eigenvalue weighted by molar-refractivity contribution is 9.10. The van der Waals surface area contributed by atoms with Crippen LogP contribution in [0.4, 0.5) is 5.82 Å². The summed E-state index contributed by atoms with van der Waals surface area (Å²) < 4.78 is 2.78. The first-order chi connectivity index (χ1) is 10.2. The molecule has 1 aliphatic rings. The summed E-state index contributed by atoms with van der Waals surface area (Å²) >= 11 is 3.52. The molecule has 0 amide bonds. The standard InChI is InChI=1S/C14H13BrN6/c1-21-14-12(19-20-21)13(16-7-17-14)18-11-5-2-8-6-9(15)3-4-10(8)11/h3-4,6-7,11H,2,5H2,1H3,(H,16,17,18)/t11-/m1/s1. The third-order valence-electron chi connectivity index (χ3n) is 3.88. The maximum absolute atomic E-state index is 4.33. The second kappa shape index (κ2) is 4.77.